The summed E-state index contributed by atoms with van der Waals surface area (Å²) in [4.78, 5) is 4.52. The highest BCUT2D eigenvalue weighted by molar-refractivity contribution is 8.15. The molecule has 0 bridgehead atoms. The average molecular weight is 315 g/mol. The van der Waals surface area contributed by atoms with Crippen LogP contribution in [0.4, 0.5) is 5.69 Å². The van der Waals surface area contributed by atoms with Gasteiger partial charge in [0.2, 0.25) is 0 Å². The number of halogens is 1. The number of benzene rings is 1. The van der Waals surface area contributed by atoms with E-state index in [4.69, 9.17) is 21.1 Å². The summed E-state index contributed by atoms with van der Waals surface area (Å²) in [5.74, 6) is 1.28. The van der Waals surface area contributed by atoms with E-state index >= 15 is 0 Å². The van der Waals surface area contributed by atoms with Crippen molar-refractivity contribution in [1.29, 1.82) is 0 Å². The number of hydrogen-bond acceptors (Lipinski definition) is 5. The zero-order valence-corrected chi connectivity index (χ0v) is 13.5. The molecule has 0 aliphatic carbocycles. The highest BCUT2D eigenvalue weighted by Gasteiger charge is 2.20. The van der Waals surface area contributed by atoms with E-state index in [0.29, 0.717) is 21.8 Å². The molecule has 0 amide bonds. The number of rotatable bonds is 5. The molecule has 0 radical (unpaired) electrons. The standard InChI is InChI=1S/C14H19ClN2O2S/c1-4-5-9-8-16-14(20-9)17-11-6-10(15)12(18-2)7-13(11)19-3/h6-7,9H,4-5,8H2,1-3H3,(H,16,17). The predicted octanol–water partition coefficient (Wildman–Crippen LogP) is 4.04. The molecule has 20 heavy (non-hydrogen) atoms. The van der Waals surface area contributed by atoms with Gasteiger partial charge in [0, 0.05) is 11.3 Å². The summed E-state index contributed by atoms with van der Waals surface area (Å²) in [7, 11) is 3.21. The quantitative estimate of drug-likeness (QED) is 0.890. The van der Waals surface area contributed by atoms with Crippen LogP contribution in [0.3, 0.4) is 0 Å². The number of nitrogens with zero attached hydrogens (tertiary/aromatic N) is 1. The summed E-state index contributed by atoms with van der Waals surface area (Å²) in [5, 5.41) is 5.33. The Morgan fingerprint density at radius 1 is 1.35 bits per heavy atom. The molecule has 4 nitrogen and oxygen atoms in total. The Hall–Kier alpha value is -1.07. The van der Waals surface area contributed by atoms with Crippen LogP contribution >= 0.6 is 23.4 Å². The maximum Gasteiger partial charge on any atom is 0.161 e. The van der Waals surface area contributed by atoms with Gasteiger partial charge in [-0.15, -0.1) is 0 Å². The summed E-state index contributed by atoms with van der Waals surface area (Å²) < 4.78 is 10.5. The Balaban J connectivity index is 2.12. The number of aliphatic imine (C=N–C) groups is 1. The van der Waals surface area contributed by atoms with Gasteiger partial charge < -0.3 is 14.8 Å². The number of ether oxygens (including phenoxy) is 2. The van der Waals surface area contributed by atoms with Crippen molar-refractivity contribution >= 4 is 34.2 Å². The molecule has 1 aromatic rings. The number of nitrogens with one attached hydrogen (secondary N) is 1. The molecule has 0 saturated carbocycles. The second-order valence-corrected chi connectivity index (χ2v) is 6.18. The van der Waals surface area contributed by atoms with E-state index < -0.39 is 0 Å². The summed E-state index contributed by atoms with van der Waals surface area (Å²) >= 11 is 7.93. The van der Waals surface area contributed by atoms with Crippen LogP contribution in [0.1, 0.15) is 19.8 Å². The van der Waals surface area contributed by atoms with Gasteiger partial charge >= 0.3 is 0 Å². The maximum absolute atomic E-state index is 6.16. The van der Waals surface area contributed by atoms with Crippen LogP contribution in [0.2, 0.25) is 5.02 Å². The summed E-state index contributed by atoms with van der Waals surface area (Å²) in [6.45, 7) is 3.06. The molecule has 1 aromatic carbocycles. The first-order valence-electron chi connectivity index (χ1n) is 6.57. The Morgan fingerprint density at radius 3 is 2.75 bits per heavy atom. The summed E-state index contributed by atoms with van der Waals surface area (Å²) in [6, 6.07) is 3.57. The molecule has 0 saturated heterocycles. The molecule has 0 aromatic heterocycles. The van der Waals surface area contributed by atoms with E-state index in [-0.39, 0.29) is 0 Å². The molecular weight excluding hydrogens is 296 g/mol. The van der Waals surface area contributed by atoms with E-state index in [0.717, 1.165) is 17.4 Å². The number of thioether (sulfide) groups is 1. The van der Waals surface area contributed by atoms with E-state index in [1.54, 1.807) is 38.1 Å². The topological polar surface area (TPSA) is 42.9 Å². The number of methoxy groups -OCH3 is 2. The fourth-order valence-corrected chi connectivity index (χ4v) is 3.41. The van der Waals surface area contributed by atoms with Crippen LogP contribution in [0, 0.1) is 0 Å². The lowest BCUT2D eigenvalue weighted by Gasteiger charge is -2.14. The lowest BCUT2D eigenvalue weighted by molar-refractivity contribution is 0.396. The first-order valence-corrected chi connectivity index (χ1v) is 7.83. The Bertz CT molecular complexity index is 508. The van der Waals surface area contributed by atoms with Gasteiger partial charge in [-0.3, -0.25) is 4.99 Å². The van der Waals surface area contributed by atoms with Crippen molar-refractivity contribution in [2.75, 3.05) is 26.1 Å². The van der Waals surface area contributed by atoms with Crippen molar-refractivity contribution in [1.82, 2.24) is 0 Å². The molecule has 2 rings (SSSR count). The van der Waals surface area contributed by atoms with Gasteiger partial charge in [0.15, 0.2) is 5.17 Å². The zero-order valence-electron chi connectivity index (χ0n) is 11.9. The van der Waals surface area contributed by atoms with Crippen LogP contribution in [-0.2, 0) is 0 Å². The molecule has 1 aliphatic heterocycles. The van der Waals surface area contributed by atoms with E-state index in [1.165, 1.54) is 12.8 Å². The largest absolute Gasteiger partial charge is 0.495 e. The molecular formula is C14H19ClN2O2S. The smallest absolute Gasteiger partial charge is 0.161 e. The van der Waals surface area contributed by atoms with E-state index in [9.17, 15) is 0 Å². The van der Waals surface area contributed by atoms with E-state index in [2.05, 4.69) is 17.2 Å². The van der Waals surface area contributed by atoms with E-state index in [1.807, 2.05) is 0 Å². The highest BCUT2D eigenvalue weighted by Crippen LogP contribution is 2.37. The fourth-order valence-electron chi connectivity index (χ4n) is 2.03. The molecule has 1 atom stereocenters. The zero-order chi connectivity index (χ0) is 14.5. The van der Waals surface area contributed by atoms with Crippen molar-refractivity contribution in [3.05, 3.63) is 17.2 Å². The van der Waals surface area contributed by atoms with Gasteiger partial charge in [0.25, 0.3) is 0 Å². The van der Waals surface area contributed by atoms with Gasteiger partial charge in [-0.05, 0) is 12.5 Å². The molecule has 1 unspecified atom stereocenters. The fraction of sp³-hybridized carbons (Fsp3) is 0.500. The molecule has 6 heteroatoms. The van der Waals surface area contributed by atoms with Crippen LogP contribution < -0.4 is 14.8 Å². The monoisotopic (exact) mass is 314 g/mol. The maximum atomic E-state index is 6.16. The molecule has 110 valence electrons. The van der Waals surface area contributed by atoms with Crippen molar-refractivity contribution in [2.45, 2.75) is 25.0 Å². The number of anilines is 1. The second-order valence-electron chi connectivity index (χ2n) is 4.49. The van der Waals surface area contributed by atoms with Crippen molar-refractivity contribution in [3.8, 4) is 11.5 Å². The van der Waals surface area contributed by atoms with Gasteiger partial charge in [-0.1, -0.05) is 36.7 Å². The second kappa shape index (κ2) is 7.09. The molecule has 1 heterocycles. The molecule has 0 spiro atoms. The third kappa shape index (κ3) is 3.52. The molecule has 1 aliphatic rings. The van der Waals surface area contributed by atoms with Crippen molar-refractivity contribution < 1.29 is 9.47 Å². The summed E-state index contributed by atoms with van der Waals surface area (Å²) in [5.41, 5.74) is 0.807. The Labute approximate surface area is 128 Å². The van der Waals surface area contributed by atoms with Crippen LogP contribution in [0.15, 0.2) is 17.1 Å². The predicted molar refractivity (Wildman–Crippen MR) is 86.8 cm³/mol. The van der Waals surface area contributed by atoms with Gasteiger partial charge in [0.05, 0.1) is 31.5 Å². The first-order chi connectivity index (χ1) is 9.67. The lowest BCUT2D eigenvalue weighted by atomic mass is 10.2. The van der Waals surface area contributed by atoms with Gasteiger partial charge in [-0.25, -0.2) is 0 Å². The highest BCUT2D eigenvalue weighted by atomic mass is 35.5. The normalized spacial score (nSPS) is 17.8. The minimum Gasteiger partial charge on any atom is -0.495 e. The Kier molecular flexibility index (Phi) is 5.43. The third-order valence-electron chi connectivity index (χ3n) is 3.04. The number of hydrogen-bond donors (Lipinski definition) is 1. The average Bonchev–Trinajstić information content (AvgIpc) is 2.87. The minimum absolute atomic E-state index is 0.546. The molecule has 1 N–H and O–H groups in total. The van der Waals surface area contributed by atoms with Crippen LogP contribution in [0.5, 0.6) is 11.5 Å². The third-order valence-corrected chi connectivity index (χ3v) is 4.51. The molecule has 0 fully saturated rings. The van der Waals surface area contributed by atoms with Gasteiger partial charge in [0.1, 0.15) is 11.5 Å². The van der Waals surface area contributed by atoms with Gasteiger partial charge in [-0.2, -0.15) is 0 Å². The SMILES string of the molecule is CCCC1CN=C(Nc2cc(Cl)c(OC)cc2OC)S1. The summed E-state index contributed by atoms with van der Waals surface area (Å²) in [6.07, 6.45) is 2.36. The Morgan fingerprint density at radius 2 is 2.10 bits per heavy atom. The van der Waals surface area contributed by atoms with Crippen LogP contribution in [0.25, 0.3) is 0 Å². The van der Waals surface area contributed by atoms with Crippen molar-refractivity contribution in [3.63, 3.8) is 0 Å². The number of amidine groups is 1. The lowest BCUT2D eigenvalue weighted by Crippen LogP contribution is -2.08. The van der Waals surface area contributed by atoms with Crippen molar-refractivity contribution in [2.24, 2.45) is 4.99 Å². The minimum atomic E-state index is 0.546. The first kappa shape index (κ1) is 15.3. The van der Waals surface area contributed by atoms with Crippen LogP contribution in [-0.4, -0.2) is 31.2 Å².